The van der Waals surface area contributed by atoms with Crippen LogP contribution in [0.15, 0.2) is 12.3 Å². The van der Waals surface area contributed by atoms with E-state index in [-0.39, 0.29) is 11.2 Å². The van der Waals surface area contributed by atoms with Crippen LogP contribution in [0, 0.1) is 0 Å². The molecule has 0 heterocycles. The molecular formula is C39H79NO2. The van der Waals surface area contributed by atoms with Crippen molar-refractivity contribution in [3.8, 4) is 0 Å². The average Bonchev–Trinajstić information content (AvgIpc) is 2.96. The Labute approximate surface area is 266 Å². The summed E-state index contributed by atoms with van der Waals surface area (Å²) in [5.41, 5.74) is 0.752. The van der Waals surface area contributed by atoms with E-state index in [2.05, 4.69) is 53.0 Å². The second-order valence-electron chi connectivity index (χ2n) is 14.5. The highest BCUT2D eigenvalue weighted by atomic mass is 16.5. The van der Waals surface area contributed by atoms with Gasteiger partial charge in [-0.3, -0.25) is 0 Å². The third-order valence-electron chi connectivity index (χ3n) is 9.00. The van der Waals surface area contributed by atoms with E-state index in [4.69, 9.17) is 9.47 Å². The lowest BCUT2D eigenvalue weighted by atomic mass is 10.0. The summed E-state index contributed by atoms with van der Waals surface area (Å²) in [6, 6.07) is 0. The minimum absolute atomic E-state index is 0.238. The summed E-state index contributed by atoms with van der Waals surface area (Å²) in [5.74, 6) is 0. The molecule has 0 fully saturated rings. The molecule has 0 unspecified atom stereocenters. The quantitative estimate of drug-likeness (QED) is 0.0706. The Morgan fingerprint density at radius 2 is 0.810 bits per heavy atom. The molecule has 0 saturated carbocycles. The van der Waals surface area contributed by atoms with Gasteiger partial charge >= 0.3 is 0 Å². The Bertz CT molecular complexity index is 557. The first-order valence-corrected chi connectivity index (χ1v) is 18.8. The maximum Gasteiger partial charge on any atom is 0.0855 e. The molecule has 0 atom stereocenters. The van der Waals surface area contributed by atoms with Crippen LogP contribution in [0.4, 0.5) is 0 Å². The molecule has 0 aromatic rings. The van der Waals surface area contributed by atoms with Gasteiger partial charge in [0.05, 0.1) is 17.8 Å². The van der Waals surface area contributed by atoms with Crippen LogP contribution < -0.4 is 0 Å². The molecule has 0 saturated heterocycles. The Kier molecular flexibility index (Phi) is 27.6. The first-order valence-electron chi connectivity index (χ1n) is 18.8. The predicted molar refractivity (Wildman–Crippen MR) is 189 cm³/mol. The van der Waals surface area contributed by atoms with Crippen molar-refractivity contribution in [2.24, 2.45) is 0 Å². The maximum absolute atomic E-state index is 6.33. The highest BCUT2D eigenvalue weighted by Crippen LogP contribution is 2.25. The van der Waals surface area contributed by atoms with Gasteiger partial charge in [-0.05, 0) is 40.5 Å². The fourth-order valence-electron chi connectivity index (χ4n) is 5.80. The van der Waals surface area contributed by atoms with Crippen LogP contribution in [-0.4, -0.2) is 42.9 Å². The van der Waals surface area contributed by atoms with Crippen LogP contribution >= 0.6 is 0 Å². The van der Waals surface area contributed by atoms with Crippen LogP contribution in [0.2, 0.25) is 0 Å². The molecule has 0 N–H and O–H groups in total. The van der Waals surface area contributed by atoms with Gasteiger partial charge in [0.1, 0.15) is 0 Å². The van der Waals surface area contributed by atoms with E-state index >= 15 is 0 Å². The monoisotopic (exact) mass is 594 g/mol. The topological polar surface area (TPSA) is 21.7 Å². The zero-order valence-electron chi connectivity index (χ0n) is 30.3. The van der Waals surface area contributed by atoms with Gasteiger partial charge in [-0.2, -0.15) is 0 Å². The standard InChI is InChI=1S/C39H79NO2/c1-9-11-13-15-17-19-21-23-25-27-29-31-33-40(37(3)35-38(4,5)42-36-39(6,7)41-8)34-32-30-28-26-24-22-20-18-16-14-12-10-2/h3,9-36H2,1-2,4-8H3. The molecule has 0 radical (unpaired) electrons. The van der Waals surface area contributed by atoms with E-state index in [0.29, 0.717) is 6.61 Å². The third kappa shape index (κ3) is 27.0. The SMILES string of the molecule is C=C(CC(C)(C)OCC(C)(C)OC)N(CCCCCCCCCCCCCC)CCCCCCCCCCCCCC. The number of methoxy groups -OCH3 is 1. The Morgan fingerprint density at radius 3 is 1.12 bits per heavy atom. The summed E-state index contributed by atoms with van der Waals surface area (Å²) in [7, 11) is 1.76. The summed E-state index contributed by atoms with van der Waals surface area (Å²) >= 11 is 0. The van der Waals surface area contributed by atoms with Crippen molar-refractivity contribution in [1.29, 1.82) is 0 Å². The minimum atomic E-state index is -0.262. The second kappa shape index (κ2) is 28.0. The van der Waals surface area contributed by atoms with E-state index in [1.165, 1.54) is 160 Å². The van der Waals surface area contributed by atoms with Crippen molar-refractivity contribution >= 4 is 0 Å². The molecule has 0 bridgehead atoms. The molecule has 3 heteroatoms. The number of rotatable bonds is 33. The fourth-order valence-corrected chi connectivity index (χ4v) is 5.80. The largest absolute Gasteiger partial charge is 0.376 e. The summed E-state index contributed by atoms with van der Waals surface area (Å²) in [4.78, 5) is 2.60. The van der Waals surface area contributed by atoms with Crippen molar-refractivity contribution < 1.29 is 9.47 Å². The summed E-state index contributed by atoms with van der Waals surface area (Å²) in [5, 5.41) is 0. The highest BCUT2D eigenvalue weighted by molar-refractivity contribution is 4.99. The number of hydrogen-bond acceptors (Lipinski definition) is 3. The molecule has 42 heavy (non-hydrogen) atoms. The molecule has 3 nitrogen and oxygen atoms in total. The summed E-state index contributed by atoms with van der Waals surface area (Å²) in [6.45, 7) is 20.6. The molecule has 0 spiro atoms. The van der Waals surface area contributed by atoms with Crippen molar-refractivity contribution in [3.63, 3.8) is 0 Å². The lowest BCUT2D eigenvalue weighted by Gasteiger charge is -2.35. The third-order valence-corrected chi connectivity index (χ3v) is 9.00. The zero-order valence-corrected chi connectivity index (χ0v) is 30.3. The van der Waals surface area contributed by atoms with Crippen molar-refractivity contribution in [2.75, 3.05) is 26.8 Å². The lowest BCUT2D eigenvalue weighted by molar-refractivity contribution is -0.107. The molecule has 252 valence electrons. The second-order valence-corrected chi connectivity index (χ2v) is 14.5. The molecule has 0 aromatic heterocycles. The van der Waals surface area contributed by atoms with Crippen LogP contribution in [0.25, 0.3) is 0 Å². The van der Waals surface area contributed by atoms with E-state index < -0.39 is 0 Å². The van der Waals surface area contributed by atoms with Gasteiger partial charge in [-0.1, -0.05) is 162 Å². The zero-order chi connectivity index (χ0) is 31.4. The van der Waals surface area contributed by atoms with Gasteiger partial charge in [-0.15, -0.1) is 0 Å². The normalized spacial score (nSPS) is 12.3. The Morgan fingerprint density at radius 1 is 0.500 bits per heavy atom. The fraction of sp³-hybridized carbons (Fsp3) is 0.949. The van der Waals surface area contributed by atoms with Crippen molar-refractivity contribution in [3.05, 3.63) is 12.3 Å². The summed E-state index contributed by atoms with van der Waals surface area (Å²) < 4.78 is 11.9. The van der Waals surface area contributed by atoms with Gasteiger partial charge < -0.3 is 14.4 Å². The van der Waals surface area contributed by atoms with E-state index in [1.807, 2.05) is 0 Å². The van der Waals surface area contributed by atoms with E-state index in [9.17, 15) is 0 Å². The highest BCUT2D eigenvalue weighted by Gasteiger charge is 2.26. The number of ether oxygens (including phenoxy) is 2. The van der Waals surface area contributed by atoms with Gasteiger partial charge in [0.15, 0.2) is 0 Å². The number of nitrogens with zero attached hydrogens (tertiary/aromatic N) is 1. The van der Waals surface area contributed by atoms with Gasteiger partial charge in [0.2, 0.25) is 0 Å². The smallest absolute Gasteiger partial charge is 0.0855 e. The molecule has 0 aromatic carbocycles. The van der Waals surface area contributed by atoms with E-state index in [0.717, 1.165) is 19.5 Å². The molecule has 0 rings (SSSR count). The van der Waals surface area contributed by atoms with Crippen molar-refractivity contribution in [1.82, 2.24) is 4.90 Å². The number of unbranched alkanes of at least 4 members (excludes halogenated alkanes) is 22. The maximum atomic E-state index is 6.33. The van der Waals surface area contributed by atoms with Crippen LogP contribution in [0.5, 0.6) is 0 Å². The van der Waals surface area contributed by atoms with Gasteiger partial charge in [-0.25, -0.2) is 0 Å². The van der Waals surface area contributed by atoms with Crippen molar-refractivity contribution in [2.45, 2.75) is 213 Å². The van der Waals surface area contributed by atoms with Crippen LogP contribution in [0.3, 0.4) is 0 Å². The molecule has 0 aliphatic heterocycles. The molecule has 0 aliphatic carbocycles. The Balaban J connectivity index is 4.37. The first-order chi connectivity index (χ1) is 20.2. The van der Waals surface area contributed by atoms with Crippen LogP contribution in [0.1, 0.15) is 202 Å². The molecule has 0 amide bonds. The summed E-state index contributed by atoms with van der Waals surface area (Å²) in [6.07, 6.45) is 34.5. The first kappa shape index (κ1) is 41.5. The average molecular weight is 594 g/mol. The molecule has 0 aliphatic rings. The van der Waals surface area contributed by atoms with E-state index in [1.54, 1.807) is 7.11 Å². The molecular weight excluding hydrogens is 514 g/mol. The van der Waals surface area contributed by atoms with Gasteiger partial charge in [0.25, 0.3) is 0 Å². The van der Waals surface area contributed by atoms with Gasteiger partial charge in [0, 0.05) is 32.3 Å². The lowest BCUT2D eigenvalue weighted by Crippen LogP contribution is -2.37. The number of hydrogen-bond donors (Lipinski definition) is 0. The minimum Gasteiger partial charge on any atom is -0.376 e. The predicted octanol–water partition coefficient (Wildman–Crippen LogP) is 12.8. The van der Waals surface area contributed by atoms with Crippen LogP contribution in [-0.2, 0) is 9.47 Å². The Hall–Kier alpha value is -0.540.